The van der Waals surface area contributed by atoms with Gasteiger partial charge in [0.2, 0.25) is 6.36 Å². The number of amides is 1. The van der Waals surface area contributed by atoms with Crippen LogP contribution in [0.2, 0.25) is 0 Å². The number of para-hydroxylation sites is 1. The number of carbonyl (C=O) groups excluding carboxylic acids is 1. The Bertz CT molecular complexity index is 429. The van der Waals surface area contributed by atoms with E-state index in [1.807, 2.05) is 0 Å². The first kappa shape index (κ1) is 13.0. The molecular weight excluding hydrogens is 223 g/mol. The van der Waals surface area contributed by atoms with Crippen LogP contribution in [-0.2, 0) is 0 Å². The number of carbonyl (C=O) groups is 1. The molecule has 1 amide bonds. The molecule has 1 aromatic rings. The normalized spacial score (nSPS) is 11.4. The van der Waals surface area contributed by atoms with Gasteiger partial charge >= 0.3 is 0 Å². The molecule has 0 aromatic heterocycles. The van der Waals surface area contributed by atoms with Crippen molar-refractivity contribution in [3.63, 3.8) is 0 Å². The Morgan fingerprint density at radius 3 is 2.94 bits per heavy atom. The highest BCUT2D eigenvalue weighted by Gasteiger charge is 2.14. The number of hydrogen-bond donors (Lipinski definition) is 1. The molecule has 0 fully saturated rings. The van der Waals surface area contributed by atoms with Crippen LogP contribution in [0.25, 0.3) is 0 Å². The Balaban J connectivity index is 2.84. The van der Waals surface area contributed by atoms with E-state index in [1.165, 1.54) is 12.1 Å². The second-order valence-electron chi connectivity index (χ2n) is 3.27. The third-order valence-corrected chi connectivity index (χ3v) is 2.04. The molecule has 0 heterocycles. The maximum absolute atomic E-state index is 13.1. The molecule has 0 radical (unpaired) electrons. The number of nitriles is 1. The molecule has 0 bridgehead atoms. The summed E-state index contributed by atoms with van der Waals surface area (Å²) in [5.74, 6) is -0.275. The first-order valence-corrected chi connectivity index (χ1v) is 5.24. The minimum Gasteiger partial charge on any atom is -0.460 e. The number of benzene rings is 1. The van der Waals surface area contributed by atoms with Gasteiger partial charge in [0, 0.05) is 6.42 Å². The summed E-state index contributed by atoms with van der Waals surface area (Å²) in [5.41, 5.74) is 0.221. The molecule has 0 spiro atoms. The number of nitrogens with zero attached hydrogens (tertiary/aromatic N) is 1. The Kier molecular flexibility index (Phi) is 4.95. The second-order valence-corrected chi connectivity index (χ2v) is 3.27. The molecule has 1 rings (SSSR count). The van der Waals surface area contributed by atoms with Gasteiger partial charge in [0.05, 0.1) is 11.6 Å². The third kappa shape index (κ3) is 3.76. The largest absolute Gasteiger partial charge is 0.460 e. The van der Waals surface area contributed by atoms with Gasteiger partial charge in [-0.3, -0.25) is 4.79 Å². The van der Waals surface area contributed by atoms with E-state index in [4.69, 9.17) is 10.00 Å². The van der Waals surface area contributed by atoms with E-state index < -0.39 is 12.3 Å². The summed E-state index contributed by atoms with van der Waals surface area (Å²) < 4.78 is 18.1. The van der Waals surface area contributed by atoms with Gasteiger partial charge in [-0.05, 0) is 12.1 Å². The molecule has 5 heteroatoms. The highest BCUT2D eigenvalue weighted by atomic mass is 19.1. The quantitative estimate of drug-likeness (QED) is 0.795. The molecule has 0 aliphatic carbocycles. The van der Waals surface area contributed by atoms with Crippen molar-refractivity contribution in [1.29, 1.82) is 5.26 Å². The maximum Gasteiger partial charge on any atom is 0.255 e. The molecule has 1 aromatic carbocycles. The van der Waals surface area contributed by atoms with E-state index in [9.17, 15) is 9.18 Å². The third-order valence-electron chi connectivity index (χ3n) is 2.04. The van der Waals surface area contributed by atoms with Gasteiger partial charge in [-0.2, -0.15) is 5.26 Å². The summed E-state index contributed by atoms with van der Waals surface area (Å²) in [5, 5.41) is 10.7. The van der Waals surface area contributed by atoms with Crippen molar-refractivity contribution in [2.45, 2.75) is 19.7 Å². The number of rotatable bonds is 5. The summed E-state index contributed by atoms with van der Waals surface area (Å²) in [6, 6.07) is 8.13. The highest BCUT2D eigenvalue weighted by molar-refractivity contribution is 5.97. The molecule has 90 valence electrons. The molecule has 1 unspecified atom stereocenters. The highest BCUT2D eigenvalue weighted by Crippen LogP contribution is 2.20. The molecule has 0 aliphatic rings. The Morgan fingerprint density at radius 2 is 2.29 bits per heavy atom. The molecule has 17 heavy (non-hydrogen) atoms. The average molecular weight is 236 g/mol. The molecule has 1 atom stereocenters. The fraction of sp³-hybridized carbons (Fsp3) is 0.333. The van der Waals surface area contributed by atoms with Crippen molar-refractivity contribution in [2.24, 2.45) is 0 Å². The molecule has 4 nitrogen and oxygen atoms in total. The van der Waals surface area contributed by atoms with Crippen molar-refractivity contribution in [2.75, 3.05) is 6.54 Å². The predicted octanol–water partition coefficient (Wildman–Crippen LogP) is 2.02. The molecule has 0 saturated carbocycles. The first-order chi connectivity index (χ1) is 8.19. The Hall–Kier alpha value is -2.09. The number of halogens is 1. The second kappa shape index (κ2) is 6.48. The van der Waals surface area contributed by atoms with Crippen molar-refractivity contribution in [3.8, 4) is 11.8 Å². The first-order valence-electron chi connectivity index (χ1n) is 5.24. The molecule has 1 N–H and O–H groups in total. The van der Waals surface area contributed by atoms with E-state index in [1.54, 1.807) is 25.1 Å². The van der Waals surface area contributed by atoms with E-state index in [2.05, 4.69) is 5.32 Å². The van der Waals surface area contributed by atoms with Gasteiger partial charge in [0.1, 0.15) is 12.3 Å². The van der Waals surface area contributed by atoms with Crippen LogP contribution in [0, 0.1) is 11.3 Å². The van der Waals surface area contributed by atoms with Crippen molar-refractivity contribution >= 4 is 5.91 Å². The molecular formula is C12H13FN2O2. The summed E-state index contributed by atoms with van der Waals surface area (Å²) in [7, 11) is 0. The van der Waals surface area contributed by atoms with Crippen LogP contribution >= 0.6 is 0 Å². The standard InChI is InChI=1S/C12H13FN2O2/c1-2-11(13)17-10-6-4-3-5-9(10)12(16)15-8-7-14/h3-6,11H,2,8H2,1H3,(H,15,16). The van der Waals surface area contributed by atoms with Gasteiger partial charge in [-0.25, -0.2) is 4.39 Å². The van der Waals surface area contributed by atoms with Gasteiger partial charge < -0.3 is 10.1 Å². The molecule has 0 aliphatic heterocycles. The van der Waals surface area contributed by atoms with Gasteiger partial charge in [0.15, 0.2) is 0 Å². The summed E-state index contributed by atoms with van der Waals surface area (Å²) in [6.07, 6.45) is -1.24. The number of ether oxygens (including phenoxy) is 1. The zero-order chi connectivity index (χ0) is 12.7. The van der Waals surface area contributed by atoms with Crippen LogP contribution in [0.1, 0.15) is 23.7 Å². The SMILES string of the molecule is CCC(F)Oc1ccccc1C(=O)NCC#N. The van der Waals surface area contributed by atoms with E-state index in [-0.39, 0.29) is 24.3 Å². The lowest BCUT2D eigenvalue weighted by atomic mass is 10.2. The summed E-state index contributed by atoms with van der Waals surface area (Å²) >= 11 is 0. The minimum atomic E-state index is -1.44. The van der Waals surface area contributed by atoms with Crippen LogP contribution in [0.3, 0.4) is 0 Å². The molecule has 0 saturated heterocycles. The van der Waals surface area contributed by atoms with E-state index >= 15 is 0 Å². The maximum atomic E-state index is 13.1. The fourth-order valence-corrected chi connectivity index (χ4v) is 1.19. The smallest absolute Gasteiger partial charge is 0.255 e. The van der Waals surface area contributed by atoms with Crippen molar-refractivity contribution in [1.82, 2.24) is 5.32 Å². The van der Waals surface area contributed by atoms with Gasteiger partial charge in [0.25, 0.3) is 5.91 Å². The van der Waals surface area contributed by atoms with E-state index in [0.29, 0.717) is 0 Å². The lowest BCUT2D eigenvalue weighted by Gasteiger charge is -2.12. The van der Waals surface area contributed by atoms with Crippen molar-refractivity contribution in [3.05, 3.63) is 29.8 Å². The summed E-state index contributed by atoms with van der Waals surface area (Å²) in [6.45, 7) is 1.54. The predicted molar refractivity (Wildman–Crippen MR) is 60.2 cm³/mol. The Labute approximate surface area is 99.0 Å². The van der Waals surface area contributed by atoms with Crippen LogP contribution in [0.5, 0.6) is 5.75 Å². The number of alkyl halides is 1. The topological polar surface area (TPSA) is 62.1 Å². The van der Waals surface area contributed by atoms with Crippen molar-refractivity contribution < 1.29 is 13.9 Å². The lowest BCUT2D eigenvalue weighted by molar-refractivity contribution is 0.0623. The number of nitrogens with one attached hydrogen (secondary N) is 1. The van der Waals surface area contributed by atoms with Crippen LogP contribution in [-0.4, -0.2) is 18.8 Å². The minimum absolute atomic E-state index is 0.0972. The van der Waals surface area contributed by atoms with E-state index in [0.717, 1.165) is 0 Å². The average Bonchev–Trinajstić information content (AvgIpc) is 2.36. The fourth-order valence-electron chi connectivity index (χ4n) is 1.19. The zero-order valence-electron chi connectivity index (χ0n) is 9.44. The lowest BCUT2D eigenvalue weighted by Crippen LogP contribution is -2.24. The Morgan fingerprint density at radius 1 is 1.59 bits per heavy atom. The van der Waals surface area contributed by atoms with Gasteiger partial charge in [-0.15, -0.1) is 0 Å². The van der Waals surface area contributed by atoms with Crippen LogP contribution in [0.4, 0.5) is 4.39 Å². The number of hydrogen-bond acceptors (Lipinski definition) is 3. The zero-order valence-corrected chi connectivity index (χ0v) is 9.44. The van der Waals surface area contributed by atoms with Crippen LogP contribution < -0.4 is 10.1 Å². The monoisotopic (exact) mass is 236 g/mol. The van der Waals surface area contributed by atoms with Gasteiger partial charge in [-0.1, -0.05) is 19.1 Å². The summed E-state index contributed by atoms with van der Waals surface area (Å²) in [4.78, 5) is 11.6. The van der Waals surface area contributed by atoms with Crippen LogP contribution in [0.15, 0.2) is 24.3 Å².